The van der Waals surface area contributed by atoms with Gasteiger partial charge in [-0.25, -0.2) is 0 Å². The monoisotopic (exact) mass is 259 g/mol. The molecule has 0 radical (unpaired) electrons. The molecule has 0 amide bonds. The number of fused-ring (bicyclic) bond motifs is 1. The van der Waals surface area contributed by atoms with E-state index in [4.69, 9.17) is 4.74 Å². The van der Waals surface area contributed by atoms with Gasteiger partial charge >= 0.3 is 0 Å². The third-order valence-electron chi connectivity index (χ3n) is 4.85. The first-order chi connectivity index (χ1) is 9.36. The van der Waals surface area contributed by atoms with Crippen LogP contribution in [0.4, 0.5) is 0 Å². The average molecular weight is 259 g/mol. The van der Waals surface area contributed by atoms with Crippen molar-refractivity contribution in [3.8, 4) is 5.75 Å². The molecule has 1 aromatic rings. The zero-order chi connectivity index (χ0) is 13.1. The highest BCUT2D eigenvalue weighted by atomic mass is 16.5. The van der Waals surface area contributed by atoms with Crippen LogP contribution in [0.3, 0.4) is 0 Å². The highest BCUT2D eigenvalue weighted by Crippen LogP contribution is 2.32. The Morgan fingerprint density at radius 3 is 2.95 bits per heavy atom. The molecule has 2 saturated heterocycles. The first-order valence-electron chi connectivity index (χ1n) is 7.73. The highest BCUT2D eigenvalue weighted by Gasteiger charge is 2.30. The van der Waals surface area contributed by atoms with E-state index in [1.807, 2.05) is 0 Å². The molecule has 2 aliphatic rings. The molecule has 19 heavy (non-hydrogen) atoms. The molecule has 3 rings (SSSR count). The fourth-order valence-electron chi connectivity index (χ4n) is 3.83. The van der Waals surface area contributed by atoms with E-state index in [2.05, 4.69) is 29.2 Å². The number of hydrogen-bond donors (Lipinski definition) is 0. The number of benzene rings is 1. The van der Waals surface area contributed by atoms with Crippen LogP contribution in [0.5, 0.6) is 5.75 Å². The fraction of sp³-hybridized carbons (Fsp3) is 0.647. The second-order valence-electron chi connectivity index (χ2n) is 6.10. The summed E-state index contributed by atoms with van der Waals surface area (Å²) in [5.41, 5.74) is 1.38. The molecule has 2 unspecified atom stereocenters. The maximum atomic E-state index is 5.48. The SMILES string of the molecule is COc1ccccc1CC1CCC2CCCCN2C1. The molecule has 2 heteroatoms. The zero-order valence-electron chi connectivity index (χ0n) is 12.0. The van der Waals surface area contributed by atoms with E-state index in [-0.39, 0.29) is 0 Å². The van der Waals surface area contributed by atoms with E-state index >= 15 is 0 Å². The van der Waals surface area contributed by atoms with Gasteiger partial charge in [-0.3, -0.25) is 0 Å². The van der Waals surface area contributed by atoms with E-state index in [1.165, 1.54) is 57.2 Å². The second-order valence-corrected chi connectivity index (χ2v) is 6.10. The van der Waals surface area contributed by atoms with Crippen LogP contribution in [0, 0.1) is 5.92 Å². The third-order valence-corrected chi connectivity index (χ3v) is 4.85. The number of piperidine rings is 2. The van der Waals surface area contributed by atoms with E-state index in [9.17, 15) is 0 Å². The first-order valence-corrected chi connectivity index (χ1v) is 7.73. The van der Waals surface area contributed by atoms with Crippen LogP contribution in [0.15, 0.2) is 24.3 Å². The van der Waals surface area contributed by atoms with Gasteiger partial charge in [-0.1, -0.05) is 24.6 Å². The number of para-hydroxylation sites is 1. The van der Waals surface area contributed by atoms with Crippen LogP contribution >= 0.6 is 0 Å². The molecule has 0 N–H and O–H groups in total. The van der Waals surface area contributed by atoms with E-state index in [0.29, 0.717) is 0 Å². The van der Waals surface area contributed by atoms with Crippen LogP contribution in [0.2, 0.25) is 0 Å². The van der Waals surface area contributed by atoms with Crippen LogP contribution in [-0.2, 0) is 6.42 Å². The molecule has 104 valence electrons. The zero-order valence-corrected chi connectivity index (χ0v) is 12.0. The van der Waals surface area contributed by atoms with Crippen LogP contribution in [0.25, 0.3) is 0 Å². The molecule has 2 fully saturated rings. The minimum atomic E-state index is 0.811. The number of hydrogen-bond acceptors (Lipinski definition) is 2. The Morgan fingerprint density at radius 1 is 1.16 bits per heavy atom. The summed E-state index contributed by atoms with van der Waals surface area (Å²) in [6.07, 6.45) is 8.24. The Morgan fingerprint density at radius 2 is 2.05 bits per heavy atom. The van der Waals surface area contributed by atoms with Gasteiger partial charge in [0.15, 0.2) is 0 Å². The van der Waals surface area contributed by atoms with Crippen molar-refractivity contribution in [1.82, 2.24) is 4.90 Å². The van der Waals surface area contributed by atoms with Gasteiger partial charge in [-0.15, -0.1) is 0 Å². The summed E-state index contributed by atoms with van der Waals surface area (Å²) in [6, 6.07) is 9.39. The molecule has 0 bridgehead atoms. The topological polar surface area (TPSA) is 12.5 Å². The summed E-state index contributed by atoms with van der Waals surface area (Å²) in [4.78, 5) is 2.74. The van der Waals surface area contributed by atoms with Gasteiger partial charge in [0, 0.05) is 12.6 Å². The van der Waals surface area contributed by atoms with Gasteiger partial charge in [-0.05, 0) is 56.2 Å². The minimum absolute atomic E-state index is 0.811. The lowest BCUT2D eigenvalue weighted by Crippen LogP contribution is -2.46. The van der Waals surface area contributed by atoms with Gasteiger partial charge in [0.2, 0.25) is 0 Å². The van der Waals surface area contributed by atoms with Crippen molar-refractivity contribution >= 4 is 0 Å². The van der Waals surface area contributed by atoms with E-state index in [1.54, 1.807) is 7.11 Å². The van der Waals surface area contributed by atoms with Crippen molar-refractivity contribution in [1.29, 1.82) is 0 Å². The molecule has 0 aliphatic carbocycles. The maximum Gasteiger partial charge on any atom is 0.122 e. The lowest BCUT2D eigenvalue weighted by molar-refractivity contribution is 0.0751. The average Bonchev–Trinajstić information content (AvgIpc) is 2.48. The molecule has 0 saturated carbocycles. The van der Waals surface area contributed by atoms with Gasteiger partial charge in [-0.2, -0.15) is 0 Å². The Balaban J connectivity index is 1.64. The predicted octanol–water partition coefficient (Wildman–Crippen LogP) is 3.50. The molecule has 0 spiro atoms. The molecular formula is C17H25NO. The molecule has 2 heterocycles. The molecule has 2 atom stereocenters. The summed E-state index contributed by atoms with van der Waals surface area (Å²) >= 11 is 0. The normalized spacial score (nSPS) is 27.8. The Labute approximate surface area is 116 Å². The highest BCUT2D eigenvalue weighted by molar-refractivity contribution is 5.33. The lowest BCUT2D eigenvalue weighted by atomic mass is 9.84. The standard InChI is InChI=1S/C17H25NO/c1-19-17-8-3-2-6-15(17)12-14-9-10-16-7-4-5-11-18(16)13-14/h2-3,6,8,14,16H,4-5,7,9-13H2,1H3. The van der Waals surface area contributed by atoms with Crippen LogP contribution in [-0.4, -0.2) is 31.1 Å². The number of ether oxygens (including phenoxy) is 1. The van der Waals surface area contributed by atoms with Crippen molar-refractivity contribution in [2.45, 2.75) is 44.6 Å². The number of methoxy groups -OCH3 is 1. The van der Waals surface area contributed by atoms with Gasteiger partial charge in [0.25, 0.3) is 0 Å². The van der Waals surface area contributed by atoms with Crippen molar-refractivity contribution in [2.24, 2.45) is 5.92 Å². The van der Waals surface area contributed by atoms with Crippen LogP contribution in [0.1, 0.15) is 37.7 Å². The third kappa shape index (κ3) is 2.94. The molecule has 0 aromatic heterocycles. The van der Waals surface area contributed by atoms with Gasteiger partial charge < -0.3 is 9.64 Å². The number of rotatable bonds is 3. The predicted molar refractivity (Wildman–Crippen MR) is 78.6 cm³/mol. The Kier molecular flexibility index (Phi) is 4.07. The molecule has 2 aliphatic heterocycles. The quantitative estimate of drug-likeness (QED) is 0.823. The fourth-order valence-corrected chi connectivity index (χ4v) is 3.83. The molecular weight excluding hydrogens is 234 g/mol. The van der Waals surface area contributed by atoms with Crippen molar-refractivity contribution in [3.05, 3.63) is 29.8 Å². The maximum absolute atomic E-state index is 5.48. The van der Waals surface area contributed by atoms with Gasteiger partial charge in [0.1, 0.15) is 5.75 Å². The van der Waals surface area contributed by atoms with Crippen molar-refractivity contribution < 1.29 is 4.74 Å². The smallest absolute Gasteiger partial charge is 0.122 e. The largest absolute Gasteiger partial charge is 0.496 e. The summed E-state index contributed by atoms with van der Waals surface area (Å²) < 4.78 is 5.48. The summed E-state index contributed by atoms with van der Waals surface area (Å²) in [5, 5.41) is 0. The molecule has 2 nitrogen and oxygen atoms in total. The van der Waals surface area contributed by atoms with Crippen molar-refractivity contribution in [3.63, 3.8) is 0 Å². The second kappa shape index (κ2) is 5.96. The minimum Gasteiger partial charge on any atom is -0.496 e. The summed E-state index contributed by atoms with van der Waals surface area (Å²) in [6.45, 7) is 2.62. The molecule has 1 aromatic carbocycles. The van der Waals surface area contributed by atoms with E-state index in [0.717, 1.165) is 17.7 Å². The van der Waals surface area contributed by atoms with Crippen LogP contribution < -0.4 is 4.74 Å². The lowest BCUT2D eigenvalue weighted by Gasteiger charge is -2.42. The van der Waals surface area contributed by atoms with Gasteiger partial charge in [0.05, 0.1) is 7.11 Å². The Bertz CT molecular complexity index is 417. The summed E-state index contributed by atoms with van der Waals surface area (Å²) in [5.74, 6) is 1.87. The van der Waals surface area contributed by atoms with Crippen molar-refractivity contribution in [2.75, 3.05) is 20.2 Å². The van der Waals surface area contributed by atoms with E-state index < -0.39 is 0 Å². The first kappa shape index (κ1) is 13.0. The summed E-state index contributed by atoms with van der Waals surface area (Å²) in [7, 11) is 1.78. The number of nitrogens with zero attached hydrogens (tertiary/aromatic N) is 1. The Hall–Kier alpha value is -1.02.